The molecule has 20 heavy (non-hydrogen) atoms. The van der Waals surface area contributed by atoms with Crippen molar-refractivity contribution in [2.45, 2.75) is 50.7 Å². The average Bonchev–Trinajstić information content (AvgIpc) is 2.45. The van der Waals surface area contributed by atoms with Crippen LogP contribution in [0.15, 0.2) is 18.2 Å². The van der Waals surface area contributed by atoms with Crippen LogP contribution in [0.1, 0.15) is 50.7 Å². The highest BCUT2D eigenvalue weighted by atomic mass is 16.5. The third-order valence-electron chi connectivity index (χ3n) is 3.95. The molecule has 112 valence electrons. The number of ether oxygens (including phenoxy) is 2. The molecule has 0 aliphatic heterocycles. The molecule has 2 rings (SSSR count). The Morgan fingerprint density at radius 3 is 2.55 bits per heavy atom. The first kappa shape index (κ1) is 15.1. The maximum Gasteiger partial charge on any atom is 0.128 e. The Bertz CT molecular complexity index is 436. The van der Waals surface area contributed by atoms with Gasteiger partial charge in [-0.2, -0.15) is 0 Å². The molecular formula is C16H24O4. The van der Waals surface area contributed by atoms with Crippen LogP contribution in [0.3, 0.4) is 0 Å². The van der Waals surface area contributed by atoms with E-state index in [1.165, 1.54) is 6.42 Å². The Morgan fingerprint density at radius 2 is 1.95 bits per heavy atom. The summed E-state index contributed by atoms with van der Waals surface area (Å²) < 4.78 is 11.0. The van der Waals surface area contributed by atoms with Gasteiger partial charge in [-0.25, -0.2) is 0 Å². The van der Waals surface area contributed by atoms with Crippen molar-refractivity contribution in [3.63, 3.8) is 0 Å². The molecule has 0 bridgehead atoms. The monoisotopic (exact) mass is 280 g/mol. The van der Waals surface area contributed by atoms with Gasteiger partial charge in [0.05, 0.1) is 18.8 Å². The lowest BCUT2D eigenvalue weighted by Crippen LogP contribution is -2.38. The zero-order valence-electron chi connectivity index (χ0n) is 12.3. The molecule has 0 amide bonds. The highest BCUT2D eigenvalue weighted by molar-refractivity contribution is 5.41. The van der Waals surface area contributed by atoms with E-state index in [0.29, 0.717) is 17.1 Å². The molecular weight excluding hydrogens is 256 g/mol. The van der Waals surface area contributed by atoms with Crippen molar-refractivity contribution in [2.75, 3.05) is 13.7 Å². The van der Waals surface area contributed by atoms with Gasteiger partial charge in [-0.1, -0.05) is 19.3 Å². The molecule has 0 aromatic heterocycles. The van der Waals surface area contributed by atoms with E-state index in [1.807, 2.05) is 0 Å². The number of benzene rings is 1. The minimum atomic E-state index is -0.739. The Balaban J connectivity index is 2.10. The summed E-state index contributed by atoms with van der Waals surface area (Å²) in [5, 5.41) is 20.3. The molecule has 1 atom stereocenters. The molecule has 1 saturated carbocycles. The van der Waals surface area contributed by atoms with Gasteiger partial charge in [0.1, 0.15) is 18.1 Å². The zero-order valence-corrected chi connectivity index (χ0v) is 12.3. The fraction of sp³-hybridized carbons (Fsp3) is 0.625. The van der Waals surface area contributed by atoms with Crippen molar-refractivity contribution in [1.29, 1.82) is 0 Å². The van der Waals surface area contributed by atoms with Gasteiger partial charge in [0.15, 0.2) is 0 Å². The van der Waals surface area contributed by atoms with Crippen LogP contribution in [0.2, 0.25) is 0 Å². The number of hydrogen-bond acceptors (Lipinski definition) is 4. The minimum Gasteiger partial charge on any atom is -0.497 e. The summed E-state index contributed by atoms with van der Waals surface area (Å²) in [5.41, 5.74) is -0.0256. The molecule has 1 fully saturated rings. The normalized spacial score (nSPS) is 19.4. The Hall–Kier alpha value is -1.26. The second-order valence-corrected chi connectivity index (χ2v) is 5.65. The summed E-state index contributed by atoms with van der Waals surface area (Å²) in [6.45, 7) is 1.96. The Morgan fingerprint density at radius 1 is 1.25 bits per heavy atom. The molecule has 2 N–H and O–H groups in total. The van der Waals surface area contributed by atoms with Crippen molar-refractivity contribution >= 4 is 0 Å². The number of rotatable bonds is 5. The van der Waals surface area contributed by atoms with Gasteiger partial charge in [0.25, 0.3) is 0 Å². The predicted octanol–water partition coefficient (Wildman–Crippen LogP) is 2.82. The van der Waals surface area contributed by atoms with Gasteiger partial charge < -0.3 is 19.7 Å². The van der Waals surface area contributed by atoms with Crippen LogP contribution in [-0.4, -0.2) is 29.5 Å². The van der Waals surface area contributed by atoms with E-state index in [-0.39, 0.29) is 6.61 Å². The summed E-state index contributed by atoms with van der Waals surface area (Å²) in [7, 11) is 1.59. The van der Waals surface area contributed by atoms with Crippen LogP contribution in [0.5, 0.6) is 11.5 Å². The van der Waals surface area contributed by atoms with E-state index in [0.717, 1.165) is 25.7 Å². The van der Waals surface area contributed by atoms with E-state index < -0.39 is 11.7 Å². The molecule has 1 aliphatic rings. The van der Waals surface area contributed by atoms with Crippen molar-refractivity contribution < 1.29 is 19.7 Å². The van der Waals surface area contributed by atoms with Crippen LogP contribution < -0.4 is 9.47 Å². The zero-order chi connectivity index (χ0) is 14.6. The van der Waals surface area contributed by atoms with Gasteiger partial charge in [-0.3, -0.25) is 0 Å². The summed E-state index contributed by atoms with van der Waals surface area (Å²) in [5.74, 6) is 1.26. The minimum absolute atomic E-state index is 0.264. The maximum atomic E-state index is 10.5. The van der Waals surface area contributed by atoms with E-state index >= 15 is 0 Å². The highest BCUT2D eigenvalue weighted by Gasteiger charge is 2.30. The molecule has 4 nitrogen and oxygen atoms in total. The number of hydrogen-bond donors (Lipinski definition) is 2. The lowest BCUT2D eigenvalue weighted by Gasteiger charge is -2.32. The van der Waals surface area contributed by atoms with Gasteiger partial charge >= 0.3 is 0 Å². The first-order valence-electron chi connectivity index (χ1n) is 7.25. The van der Waals surface area contributed by atoms with Crippen LogP contribution >= 0.6 is 0 Å². The molecule has 1 aromatic carbocycles. The third-order valence-corrected chi connectivity index (χ3v) is 3.95. The smallest absolute Gasteiger partial charge is 0.128 e. The molecule has 1 aromatic rings. The average molecular weight is 280 g/mol. The summed E-state index contributed by atoms with van der Waals surface area (Å²) >= 11 is 0. The largest absolute Gasteiger partial charge is 0.497 e. The van der Waals surface area contributed by atoms with Gasteiger partial charge in [-0.05, 0) is 31.9 Å². The first-order chi connectivity index (χ1) is 9.54. The highest BCUT2D eigenvalue weighted by Crippen LogP contribution is 2.33. The molecule has 0 heterocycles. The van der Waals surface area contributed by atoms with Crippen molar-refractivity contribution in [1.82, 2.24) is 0 Å². The van der Waals surface area contributed by atoms with Crippen molar-refractivity contribution in [3.8, 4) is 11.5 Å². The molecule has 0 unspecified atom stereocenters. The predicted molar refractivity (Wildman–Crippen MR) is 77.2 cm³/mol. The third kappa shape index (κ3) is 3.64. The van der Waals surface area contributed by atoms with E-state index in [4.69, 9.17) is 9.47 Å². The summed E-state index contributed by atoms with van der Waals surface area (Å²) in [6.07, 6.45) is 4.21. The Kier molecular flexibility index (Phi) is 4.89. The van der Waals surface area contributed by atoms with Gasteiger partial charge in [0.2, 0.25) is 0 Å². The lowest BCUT2D eigenvalue weighted by atomic mass is 9.85. The van der Waals surface area contributed by atoms with E-state index in [9.17, 15) is 10.2 Å². The molecule has 4 heteroatoms. The van der Waals surface area contributed by atoms with E-state index in [1.54, 1.807) is 32.2 Å². The lowest BCUT2D eigenvalue weighted by molar-refractivity contribution is -0.0345. The van der Waals surface area contributed by atoms with Crippen molar-refractivity contribution in [2.24, 2.45) is 0 Å². The number of aliphatic hydroxyl groups excluding tert-OH is 1. The van der Waals surface area contributed by atoms with Crippen LogP contribution in [0, 0.1) is 0 Å². The second-order valence-electron chi connectivity index (χ2n) is 5.65. The SMILES string of the molecule is COc1ccc([C@@H](C)O)c(OCC2(O)CCCCC2)c1. The van der Waals surface area contributed by atoms with Crippen LogP contribution in [0.25, 0.3) is 0 Å². The second kappa shape index (κ2) is 6.46. The maximum absolute atomic E-state index is 10.5. The van der Waals surface area contributed by atoms with Gasteiger partial charge in [-0.15, -0.1) is 0 Å². The molecule has 0 radical (unpaired) electrons. The summed E-state index contributed by atoms with van der Waals surface area (Å²) in [6, 6.07) is 5.35. The fourth-order valence-electron chi connectivity index (χ4n) is 2.68. The van der Waals surface area contributed by atoms with Crippen molar-refractivity contribution in [3.05, 3.63) is 23.8 Å². The van der Waals surface area contributed by atoms with E-state index in [2.05, 4.69) is 0 Å². The standard InChI is InChI=1S/C16H24O4/c1-12(17)14-7-6-13(19-2)10-15(14)20-11-16(18)8-4-3-5-9-16/h6-7,10,12,17-18H,3-5,8-9,11H2,1-2H3/t12-/m1/s1. The number of aliphatic hydroxyl groups is 2. The summed E-state index contributed by atoms with van der Waals surface area (Å²) in [4.78, 5) is 0. The fourth-order valence-corrected chi connectivity index (χ4v) is 2.68. The number of methoxy groups -OCH3 is 1. The van der Waals surface area contributed by atoms with Crippen LogP contribution in [0.4, 0.5) is 0 Å². The quantitative estimate of drug-likeness (QED) is 0.870. The molecule has 0 spiro atoms. The first-order valence-corrected chi connectivity index (χ1v) is 7.25. The molecule has 1 aliphatic carbocycles. The van der Waals surface area contributed by atoms with Crippen LogP contribution in [-0.2, 0) is 0 Å². The molecule has 0 saturated heterocycles. The van der Waals surface area contributed by atoms with Gasteiger partial charge in [0, 0.05) is 11.6 Å². The Labute approximate surface area is 120 Å². The topological polar surface area (TPSA) is 58.9 Å².